The van der Waals surface area contributed by atoms with Crippen LogP contribution in [0.5, 0.6) is 0 Å². The molecular weight excluding hydrogens is 360 g/mol. The van der Waals surface area contributed by atoms with Crippen LogP contribution in [0.1, 0.15) is 48.9 Å². The van der Waals surface area contributed by atoms with E-state index in [9.17, 15) is 9.90 Å². The van der Waals surface area contributed by atoms with Crippen LogP contribution >= 0.6 is 0 Å². The second kappa shape index (κ2) is 7.51. The summed E-state index contributed by atoms with van der Waals surface area (Å²) < 4.78 is 0. The average molecular weight is 386 g/mol. The van der Waals surface area contributed by atoms with Gasteiger partial charge in [-0.05, 0) is 55.9 Å². The zero-order chi connectivity index (χ0) is 19.8. The summed E-state index contributed by atoms with van der Waals surface area (Å²) >= 11 is 0. The molecule has 1 saturated carbocycles. The van der Waals surface area contributed by atoms with Crippen molar-refractivity contribution >= 4 is 22.6 Å². The molecule has 2 heterocycles. The number of rotatable bonds is 3. The highest BCUT2D eigenvalue weighted by Gasteiger charge is 2.34. The second-order valence-electron chi connectivity index (χ2n) is 8.38. The van der Waals surface area contributed by atoms with Crippen LogP contribution in [-0.4, -0.2) is 28.6 Å². The van der Waals surface area contributed by atoms with Crippen LogP contribution in [0.15, 0.2) is 54.6 Å². The maximum absolute atomic E-state index is 11.5. The summed E-state index contributed by atoms with van der Waals surface area (Å²) in [6.45, 7) is 1.05. The van der Waals surface area contributed by atoms with Crippen LogP contribution in [0.4, 0.5) is 5.69 Å². The average Bonchev–Trinajstić information content (AvgIpc) is 2.78. The Balaban J connectivity index is 1.69. The molecule has 2 aromatic carbocycles. The first-order valence-corrected chi connectivity index (χ1v) is 10.7. The first-order chi connectivity index (χ1) is 14.2. The quantitative estimate of drug-likeness (QED) is 0.622. The van der Waals surface area contributed by atoms with Crippen molar-refractivity contribution in [1.82, 2.24) is 4.98 Å². The molecule has 1 aliphatic heterocycles. The summed E-state index contributed by atoms with van der Waals surface area (Å²) in [5.74, 6) is -0.131. The van der Waals surface area contributed by atoms with Gasteiger partial charge in [0.25, 0.3) is 0 Å². The molecule has 5 rings (SSSR count). The van der Waals surface area contributed by atoms with Crippen molar-refractivity contribution < 1.29 is 9.90 Å². The minimum Gasteiger partial charge on any atom is -0.478 e. The highest BCUT2D eigenvalue weighted by atomic mass is 16.4. The third-order valence-electron chi connectivity index (χ3n) is 6.64. The van der Waals surface area contributed by atoms with Gasteiger partial charge in [-0.1, -0.05) is 43.2 Å². The Kier molecular flexibility index (Phi) is 4.70. The molecule has 148 valence electrons. The predicted molar refractivity (Wildman–Crippen MR) is 116 cm³/mol. The van der Waals surface area contributed by atoms with Gasteiger partial charge >= 0.3 is 5.97 Å². The lowest BCUT2D eigenvalue weighted by atomic mass is 9.78. The fourth-order valence-corrected chi connectivity index (χ4v) is 5.25. The largest absolute Gasteiger partial charge is 0.478 e. The highest BCUT2D eigenvalue weighted by Crippen LogP contribution is 2.41. The zero-order valence-corrected chi connectivity index (χ0v) is 16.6. The summed E-state index contributed by atoms with van der Waals surface area (Å²) in [6, 6.07) is 18.3. The van der Waals surface area contributed by atoms with Crippen LogP contribution in [0, 0.1) is 5.92 Å². The van der Waals surface area contributed by atoms with Gasteiger partial charge in [0.2, 0.25) is 0 Å². The lowest BCUT2D eigenvalue weighted by molar-refractivity contribution is 0.0697. The molecule has 1 N–H and O–H groups in total. The van der Waals surface area contributed by atoms with E-state index < -0.39 is 5.97 Å². The van der Waals surface area contributed by atoms with Crippen LogP contribution in [0.2, 0.25) is 0 Å². The Labute approximate surface area is 171 Å². The van der Waals surface area contributed by atoms with Gasteiger partial charge in [0.1, 0.15) is 0 Å². The standard InChI is InChI=1S/C25H26N2O2/c28-25(29)19-12-13-21-20(15-19)16-23(24(26-21)18-8-2-1-3-9-18)27-14-6-10-17-7-4-5-11-22(17)27/h1-3,8-9,12-13,15-17,22H,4-7,10-11,14H2,(H,28,29). The summed E-state index contributed by atoms with van der Waals surface area (Å²) in [5, 5.41) is 10.3. The monoisotopic (exact) mass is 386 g/mol. The smallest absolute Gasteiger partial charge is 0.335 e. The van der Waals surface area contributed by atoms with Crippen LogP contribution in [-0.2, 0) is 0 Å². The molecule has 1 saturated heterocycles. The summed E-state index contributed by atoms with van der Waals surface area (Å²) in [7, 11) is 0. The van der Waals surface area contributed by atoms with Crippen molar-refractivity contribution in [3.8, 4) is 11.3 Å². The number of pyridine rings is 1. The minimum absolute atomic E-state index is 0.312. The molecule has 2 fully saturated rings. The number of anilines is 1. The third-order valence-corrected chi connectivity index (χ3v) is 6.64. The van der Waals surface area contributed by atoms with Crippen molar-refractivity contribution in [1.29, 1.82) is 0 Å². The van der Waals surface area contributed by atoms with E-state index in [-0.39, 0.29) is 0 Å². The molecule has 1 aliphatic carbocycles. The topological polar surface area (TPSA) is 53.4 Å². The van der Waals surface area contributed by atoms with Crippen molar-refractivity contribution in [3.63, 3.8) is 0 Å². The molecule has 3 aromatic rings. The Morgan fingerprint density at radius 3 is 2.59 bits per heavy atom. The number of nitrogens with zero attached hydrogens (tertiary/aromatic N) is 2. The van der Waals surface area contributed by atoms with Gasteiger partial charge < -0.3 is 10.0 Å². The Morgan fingerprint density at radius 1 is 0.966 bits per heavy atom. The number of carboxylic acid groups (broad SMARTS) is 1. The molecule has 0 bridgehead atoms. The predicted octanol–water partition coefficient (Wildman–Crippen LogP) is 5.76. The van der Waals surface area contributed by atoms with Gasteiger partial charge in [-0.2, -0.15) is 0 Å². The normalized spacial score (nSPS) is 21.7. The second-order valence-corrected chi connectivity index (χ2v) is 8.38. The van der Waals surface area contributed by atoms with Gasteiger partial charge in [0.15, 0.2) is 0 Å². The van der Waals surface area contributed by atoms with E-state index in [4.69, 9.17) is 4.98 Å². The van der Waals surface area contributed by atoms with Gasteiger partial charge in [-0.25, -0.2) is 9.78 Å². The first-order valence-electron chi connectivity index (χ1n) is 10.7. The molecule has 4 nitrogen and oxygen atoms in total. The molecular formula is C25H26N2O2. The molecule has 0 radical (unpaired) electrons. The maximum Gasteiger partial charge on any atom is 0.335 e. The first kappa shape index (κ1) is 18.2. The van der Waals surface area contributed by atoms with E-state index in [0.29, 0.717) is 11.6 Å². The molecule has 2 unspecified atom stereocenters. The SMILES string of the molecule is O=C(O)c1ccc2nc(-c3ccccc3)c(N3CCCC4CCCCC43)cc2c1. The number of carbonyl (C=O) groups is 1. The Morgan fingerprint density at radius 2 is 1.76 bits per heavy atom. The number of aromatic carboxylic acids is 1. The number of benzene rings is 2. The Bertz CT molecular complexity index is 1050. The zero-order valence-electron chi connectivity index (χ0n) is 16.6. The molecule has 29 heavy (non-hydrogen) atoms. The Hall–Kier alpha value is -2.88. The van der Waals surface area contributed by atoms with E-state index >= 15 is 0 Å². The molecule has 2 aliphatic rings. The van der Waals surface area contributed by atoms with Crippen LogP contribution < -0.4 is 4.90 Å². The summed E-state index contributed by atoms with van der Waals surface area (Å²) in [4.78, 5) is 19.1. The molecule has 1 aromatic heterocycles. The number of fused-ring (bicyclic) bond motifs is 2. The molecule has 4 heteroatoms. The van der Waals surface area contributed by atoms with Crippen LogP contribution in [0.3, 0.4) is 0 Å². The van der Waals surface area contributed by atoms with E-state index in [2.05, 4.69) is 35.2 Å². The fourth-order valence-electron chi connectivity index (χ4n) is 5.25. The number of aromatic nitrogens is 1. The van der Waals surface area contributed by atoms with E-state index in [1.165, 1.54) is 38.5 Å². The van der Waals surface area contributed by atoms with E-state index in [0.717, 1.165) is 40.3 Å². The van der Waals surface area contributed by atoms with Crippen molar-refractivity contribution in [2.24, 2.45) is 5.92 Å². The fraction of sp³-hybridized carbons (Fsp3) is 0.360. The number of hydrogen-bond acceptors (Lipinski definition) is 3. The van der Waals surface area contributed by atoms with E-state index in [1.54, 1.807) is 12.1 Å². The number of carboxylic acids is 1. The molecule has 0 spiro atoms. The number of hydrogen-bond donors (Lipinski definition) is 1. The lowest BCUT2D eigenvalue weighted by Crippen LogP contribution is -2.47. The van der Waals surface area contributed by atoms with Gasteiger partial charge in [0, 0.05) is 23.5 Å². The van der Waals surface area contributed by atoms with Crippen molar-refractivity contribution in [2.75, 3.05) is 11.4 Å². The van der Waals surface area contributed by atoms with Gasteiger partial charge in [-0.3, -0.25) is 0 Å². The maximum atomic E-state index is 11.5. The molecule has 2 atom stereocenters. The number of piperidine rings is 1. The van der Waals surface area contributed by atoms with Crippen LogP contribution in [0.25, 0.3) is 22.2 Å². The van der Waals surface area contributed by atoms with Gasteiger partial charge in [0.05, 0.1) is 22.5 Å². The third kappa shape index (κ3) is 3.37. The summed E-state index contributed by atoms with van der Waals surface area (Å²) in [5.41, 5.74) is 4.43. The summed E-state index contributed by atoms with van der Waals surface area (Å²) in [6.07, 6.45) is 7.74. The van der Waals surface area contributed by atoms with Crippen molar-refractivity contribution in [3.05, 3.63) is 60.2 Å². The van der Waals surface area contributed by atoms with E-state index in [1.807, 2.05) is 12.1 Å². The minimum atomic E-state index is -0.897. The van der Waals surface area contributed by atoms with Gasteiger partial charge in [-0.15, -0.1) is 0 Å². The lowest BCUT2D eigenvalue weighted by Gasteiger charge is -2.46. The molecule has 0 amide bonds. The van der Waals surface area contributed by atoms with Crippen molar-refractivity contribution in [2.45, 2.75) is 44.6 Å². The highest BCUT2D eigenvalue weighted by molar-refractivity contribution is 5.96.